The largest absolute Gasteiger partial charge is 0.337 e. The molecule has 2 heterocycles. The van der Waals surface area contributed by atoms with E-state index in [4.69, 9.17) is 17.3 Å². The van der Waals surface area contributed by atoms with Gasteiger partial charge in [-0.05, 0) is 29.0 Å². The van der Waals surface area contributed by atoms with Crippen molar-refractivity contribution in [1.29, 1.82) is 0 Å². The van der Waals surface area contributed by atoms with E-state index in [2.05, 4.69) is 25.8 Å². The lowest BCUT2D eigenvalue weighted by molar-refractivity contribution is 0.237. The Morgan fingerprint density at radius 3 is 2.84 bits per heavy atom. The molecule has 0 radical (unpaired) electrons. The van der Waals surface area contributed by atoms with E-state index in [0.717, 1.165) is 26.1 Å². The van der Waals surface area contributed by atoms with Gasteiger partial charge >= 0.3 is 0 Å². The summed E-state index contributed by atoms with van der Waals surface area (Å²) in [6, 6.07) is 2.19. The molecule has 0 amide bonds. The molecule has 2 rings (SSSR count). The average Bonchev–Trinajstić information content (AvgIpc) is 2.89. The quantitative estimate of drug-likeness (QED) is 0.888. The maximum atomic E-state index is 6.10. The Morgan fingerprint density at radius 1 is 1.63 bits per heavy atom. The van der Waals surface area contributed by atoms with Gasteiger partial charge in [-0.2, -0.15) is 0 Å². The van der Waals surface area contributed by atoms with E-state index >= 15 is 0 Å². The molecule has 0 aliphatic rings. The zero-order valence-corrected chi connectivity index (χ0v) is 14.0. The van der Waals surface area contributed by atoms with Gasteiger partial charge in [0.15, 0.2) is 0 Å². The molecule has 0 aliphatic heterocycles. The molecule has 2 aromatic heterocycles. The molecule has 0 aliphatic carbocycles. The summed E-state index contributed by atoms with van der Waals surface area (Å²) in [5.74, 6) is 1.02. The molecule has 0 saturated carbocycles. The molecular weight excluding hydrogens is 348 g/mol. The number of thiophene rings is 1. The minimum atomic E-state index is 0.144. The molecule has 1 atom stereocenters. The summed E-state index contributed by atoms with van der Waals surface area (Å²) >= 11 is 11.1. The number of halogens is 2. The molecule has 7 heteroatoms. The predicted molar refractivity (Wildman–Crippen MR) is 83.5 cm³/mol. The summed E-state index contributed by atoms with van der Waals surface area (Å²) in [7, 11) is 4.04. The minimum Gasteiger partial charge on any atom is -0.337 e. The summed E-state index contributed by atoms with van der Waals surface area (Å²) in [5, 5.41) is 0. The summed E-state index contributed by atoms with van der Waals surface area (Å²) in [6.07, 6.45) is 3.75. The van der Waals surface area contributed by atoms with Crippen LogP contribution in [-0.2, 0) is 13.6 Å². The molecule has 0 bridgehead atoms. The van der Waals surface area contributed by atoms with Crippen molar-refractivity contribution in [2.24, 2.45) is 12.8 Å². The predicted octanol–water partition coefficient (Wildman–Crippen LogP) is 3.03. The van der Waals surface area contributed by atoms with Gasteiger partial charge < -0.3 is 10.3 Å². The van der Waals surface area contributed by atoms with Gasteiger partial charge in [-0.25, -0.2) is 4.98 Å². The highest BCUT2D eigenvalue weighted by Crippen LogP contribution is 2.36. The molecule has 4 nitrogen and oxygen atoms in total. The van der Waals surface area contributed by atoms with E-state index in [9.17, 15) is 0 Å². The van der Waals surface area contributed by atoms with Crippen LogP contribution in [0.3, 0.4) is 0 Å². The van der Waals surface area contributed by atoms with Gasteiger partial charge in [-0.3, -0.25) is 4.90 Å². The number of aryl methyl sites for hydroxylation is 1. The zero-order valence-electron chi connectivity index (χ0n) is 10.8. The highest BCUT2D eigenvalue weighted by molar-refractivity contribution is 9.10. The smallest absolute Gasteiger partial charge is 0.122 e. The van der Waals surface area contributed by atoms with Gasteiger partial charge in [0.25, 0.3) is 0 Å². The fourth-order valence-electron chi connectivity index (χ4n) is 1.92. The van der Waals surface area contributed by atoms with Crippen LogP contribution in [0.4, 0.5) is 0 Å². The van der Waals surface area contributed by atoms with Crippen LogP contribution in [-0.4, -0.2) is 28.0 Å². The Kier molecular flexibility index (Phi) is 5.03. The number of hydrogen-bond donors (Lipinski definition) is 1. The lowest BCUT2D eigenvalue weighted by Gasteiger charge is -2.25. The Morgan fingerprint density at radius 2 is 2.37 bits per heavy atom. The van der Waals surface area contributed by atoms with Crippen molar-refractivity contribution in [2.75, 3.05) is 13.6 Å². The van der Waals surface area contributed by atoms with Crippen molar-refractivity contribution < 1.29 is 0 Å². The third-order valence-corrected chi connectivity index (χ3v) is 5.64. The Hall–Kier alpha value is -0.400. The lowest BCUT2D eigenvalue weighted by atomic mass is 10.2. The van der Waals surface area contributed by atoms with Crippen LogP contribution < -0.4 is 5.73 Å². The van der Waals surface area contributed by atoms with E-state index < -0.39 is 0 Å². The number of imidazole rings is 1. The second-order valence-corrected chi connectivity index (χ2v) is 6.93. The van der Waals surface area contributed by atoms with E-state index in [-0.39, 0.29) is 6.04 Å². The van der Waals surface area contributed by atoms with Gasteiger partial charge in [0.05, 0.1) is 12.6 Å². The second-order valence-electron chi connectivity index (χ2n) is 4.39. The van der Waals surface area contributed by atoms with Crippen LogP contribution in [0.15, 0.2) is 22.9 Å². The molecular formula is C12H16BrClN4S. The molecule has 0 fully saturated rings. The van der Waals surface area contributed by atoms with Crippen LogP contribution in [0.2, 0.25) is 4.34 Å². The number of aromatic nitrogens is 2. The summed E-state index contributed by atoms with van der Waals surface area (Å²) in [5.41, 5.74) is 5.91. The monoisotopic (exact) mass is 362 g/mol. The van der Waals surface area contributed by atoms with Crippen LogP contribution in [0, 0.1) is 0 Å². The van der Waals surface area contributed by atoms with Crippen LogP contribution in [0.5, 0.6) is 0 Å². The van der Waals surface area contributed by atoms with Gasteiger partial charge in [-0.1, -0.05) is 11.6 Å². The fraction of sp³-hybridized carbons (Fsp3) is 0.417. The summed E-state index contributed by atoms with van der Waals surface area (Å²) < 4.78 is 3.71. The highest BCUT2D eigenvalue weighted by atomic mass is 79.9. The Bertz CT molecular complexity index is 534. The molecule has 2 N–H and O–H groups in total. The van der Waals surface area contributed by atoms with E-state index in [1.165, 1.54) is 0 Å². The lowest BCUT2D eigenvalue weighted by Crippen LogP contribution is -2.30. The van der Waals surface area contributed by atoms with Crippen molar-refractivity contribution in [2.45, 2.75) is 12.6 Å². The van der Waals surface area contributed by atoms with Gasteiger partial charge in [-0.15, -0.1) is 11.3 Å². The first-order chi connectivity index (χ1) is 9.02. The van der Waals surface area contributed by atoms with Crippen LogP contribution in [0.1, 0.15) is 16.7 Å². The topological polar surface area (TPSA) is 47.1 Å². The molecule has 19 heavy (non-hydrogen) atoms. The average molecular weight is 364 g/mol. The molecule has 2 aromatic rings. The molecule has 104 valence electrons. The van der Waals surface area contributed by atoms with E-state index in [1.54, 1.807) is 17.5 Å². The number of hydrogen-bond acceptors (Lipinski definition) is 4. The van der Waals surface area contributed by atoms with Gasteiger partial charge in [0.1, 0.15) is 10.2 Å². The third kappa shape index (κ3) is 3.38. The molecule has 1 unspecified atom stereocenters. The first-order valence-electron chi connectivity index (χ1n) is 5.84. The van der Waals surface area contributed by atoms with Crippen molar-refractivity contribution >= 4 is 38.9 Å². The maximum absolute atomic E-state index is 6.10. The number of likely N-dealkylation sites (N-methyl/N-ethyl adjacent to an activating group) is 1. The van der Waals surface area contributed by atoms with Gasteiger partial charge in [0, 0.05) is 35.3 Å². The number of rotatable bonds is 5. The summed E-state index contributed by atoms with van der Waals surface area (Å²) in [6.45, 7) is 1.29. The maximum Gasteiger partial charge on any atom is 0.122 e. The second kappa shape index (κ2) is 6.37. The van der Waals surface area contributed by atoms with Crippen molar-refractivity contribution in [1.82, 2.24) is 14.5 Å². The first kappa shape index (κ1) is 15.0. The first-order valence-corrected chi connectivity index (χ1v) is 7.83. The zero-order chi connectivity index (χ0) is 14.0. The Balaban J connectivity index is 2.15. The molecule has 0 aromatic carbocycles. The number of nitrogens with two attached hydrogens (primary N) is 1. The van der Waals surface area contributed by atoms with Gasteiger partial charge in [0.2, 0.25) is 0 Å². The van der Waals surface area contributed by atoms with E-state index in [1.807, 2.05) is 30.9 Å². The highest BCUT2D eigenvalue weighted by Gasteiger charge is 2.20. The van der Waals surface area contributed by atoms with Crippen molar-refractivity contribution in [3.63, 3.8) is 0 Å². The fourth-order valence-corrected chi connectivity index (χ4v) is 3.84. The number of nitrogens with zero attached hydrogens (tertiary/aromatic N) is 3. The molecule has 0 saturated heterocycles. The molecule has 0 spiro atoms. The van der Waals surface area contributed by atoms with Crippen molar-refractivity contribution in [3.05, 3.63) is 38.0 Å². The third-order valence-electron chi connectivity index (χ3n) is 3.06. The van der Waals surface area contributed by atoms with Crippen molar-refractivity contribution in [3.8, 4) is 0 Å². The van der Waals surface area contributed by atoms with E-state index in [0.29, 0.717) is 6.54 Å². The van der Waals surface area contributed by atoms with Crippen LogP contribution in [0.25, 0.3) is 0 Å². The standard InChI is InChI=1S/C12H16BrClN4S/c1-17-4-3-16-11(17)7-18(2)9(6-15)10-5-8(13)12(14)19-10/h3-5,9H,6-7,15H2,1-2H3. The normalized spacial score (nSPS) is 13.2. The minimum absolute atomic E-state index is 0.144. The SMILES string of the molecule is CN(Cc1nccn1C)C(CN)c1cc(Br)c(Cl)s1. The summed E-state index contributed by atoms with van der Waals surface area (Å²) in [4.78, 5) is 7.69. The Labute approximate surface area is 130 Å². The van der Waals surface area contributed by atoms with Crippen LogP contribution >= 0.6 is 38.9 Å².